The van der Waals surface area contributed by atoms with Crippen molar-refractivity contribution in [1.29, 1.82) is 0 Å². The van der Waals surface area contributed by atoms with E-state index in [1.165, 1.54) is 5.57 Å². The van der Waals surface area contributed by atoms with E-state index >= 15 is 0 Å². The summed E-state index contributed by atoms with van der Waals surface area (Å²) in [5, 5.41) is 4.71. The molecule has 0 spiro atoms. The van der Waals surface area contributed by atoms with Crippen molar-refractivity contribution in [3.8, 4) is 0 Å². The average Bonchev–Trinajstić information content (AvgIpc) is 2.30. The molecule has 18 heavy (non-hydrogen) atoms. The highest BCUT2D eigenvalue weighted by Crippen LogP contribution is 2.23. The minimum atomic E-state index is -0.0216. The Kier molecular flexibility index (Phi) is 5.71. The minimum absolute atomic E-state index is 0.0216. The number of rotatable bonds is 5. The monoisotopic (exact) mass is 285 g/mol. The van der Waals surface area contributed by atoms with Gasteiger partial charge in [-0.2, -0.15) is 0 Å². The van der Waals surface area contributed by atoms with Gasteiger partial charge < -0.3 is 5.32 Å². The van der Waals surface area contributed by atoms with Gasteiger partial charge in [0.2, 0.25) is 0 Å². The van der Waals surface area contributed by atoms with E-state index in [1.54, 1.807) is 0 Å². The summed E-state index contributed by atoms with van der Waals surface area (Å²) in [5.74, 6) is 0. The second-order valence-corrected chi connectivity index (χ2v) is 5.98. The fourth-order valence-corrected chi connectivity index (χ4v) is 2.07. The van der Waals surface area contributed by atoms with Gasteiger partial charge in [-0.15, -0.1) is 0 Å². The van der Waals surface area contributed by atoms with Gasteiger partial charge in [0.05, 0.1) is 10.0 Å². The van der Waals surface area contributed by atoms with Crippen LogP contribution >= 0.6 is 23.2 Å². The molecule has 0 heterocycles. The van der Waals surface area contributed by atoms with E-state index in [1.807, 2.05) is 18.2 Å². The van der Waals surface area contributed by atoms with Gasteiger partial charge in [-0.3, -0.25) is 0 Å². The molecule has 3 heteroatoms. The number of hydrogen-bond donors (Lipinski definition) is 1. The lowest BCUT2D eigenvalue weighted by Crippen LogP contribution is -2.36. The predicted molar refractivity (Wildman–Crippen MR) is 81.4 cm³/mol. The van der Waals surface area contributed by atoms with E-state index in [0.717, 1.165) is 18.5 Å². The molecular weight excluding hydrogens is 265 g/mol. The normalized spacial score (nSPS) is 12.9. The van der Waals surface area contributed by atoms with Gasteiger partial charge in [0, 0.05) is 12.1 Å². The number of halogens is 2. The maximum absolute atomic E-state index is 6.00. The molecule has 0 aliphatic rings. The van der Waals surface area contributed by atoms with Crippen molar-refractivity contribution >= 4 is 23.2 Å². The first kappa shape index (κ1) is 15.6. The molecule has 0 amide bonds. The van der Waals surface area contributed by atoms with E-state index in [9.17, 15) is 0 Å². The first-order valence-electron chi connectivity index (χ1n) is 6.21. The molecule has 0 aliphatic heterocycles. The smallest absolute Gasteiger partial charge is 0.0595 e. The van der Waals surface area contributed by atoms with Gasteiger partial charge in [0.1, 0.15) is 0 Å². The van der Waals surface area contributed by atoms with E-state index < -0.39 is 0 Å². The molecule has 1 N–H and O–H groups in total. The Morgan fingerprint density at radius 2 is 1.94 bits per heavy atom. The van der Waals surface area contributed by atoms with Crippen LogP contribution in [0, 0.1) is 0 Å². The standard InChI is InChI=1S/C15H21Cl2N/c1-5-11(2)9-15(3,4)18-10-12-6-7-13(16)14(17)8-12/h6-9,18H,5,10H2,1-4H3/b11-9+. The number of allylic oxidation sites excluding steroid dienone is 1. The summed E-state index contributed by atoms with van der Waals surface area (Å²) in [7, 11) is 0. The molecule has 0 aromatic heterocycles. The molecule has 0 radical (unpaired) electrons. The van der Waals surface area contributed by atoms with E-state index in [2.05, 4.69) is 39.1 Å². The van der Waals surface area contributed by atoms with Gasteiger partial charge in [-0.1, -0.05) is 47.8 Å². The van der Waals surface area contributed by atoms with Crippen molar-refractivity contribution in [3.63, 3.8) is 0 Å². The van der Waals surface area contributed by atoms with Crippen LogP contribution in [0.2, 0.25) is 10.0 Å². The van der Waals surface area contributed by atoms with Crippen molar-refractivity contribution in [1.82, 2.24) is 5.32 Å². The van der Waals surface area contributed by atoms with E-state index in [0.29, 0.717) is 10.0 Å². The van der Waals surface area contributed by atoms with Gasteiger partial charge >= 0.3 is 0 Å². The zero-order valence-corrected chi connectivity index (χ0v) is 13.0. The Morgan fingerprint density at radius 3 is 2.50 bits per heavy atom. The average molecular weight is 286 g/mol. The minimum Gasteiger partial charge on any atom is -0.304 e. The molecule has 0 fully saturated rings. The fraction of sp³-hybridized carbons (Fsp3) is 0.467. The van der Waals surface area contributed by atoms with Crippen LogP contribution in [0.5, 0.6) is 0 Å². The van der Waals surface area contributed by atoms with Crippen LogP contribution in [-0.2, 0) is 6.54 Å². The van der Waals surface area contributed by atoms with Crippen LogP contribution in [0.15, 0.2) is 29.8 Å². The third-order valence-electron chi connectivity index (χ3n) is 2.90. The summed E-state index contributed by atoms with van der Waals surface area (Å²) < 4.78 is 0. The first-order valence-corrected chi connectivity index (χ1v) is 6.97. The lowest BCUT2D eigenvalue weighted by Gasteiger charge is -2.24. The summed E-state index contributed by atoms with van der Waals surface area (Å²) in [6, 6.07) is 5.73. The molecule has 0 saturated heterocycles. The molecule has 1 aromatic carbocycles. The van der Waals surface area contributed by atoms with Crippen LogP contribution in [0.4, 0.5) is 0 Å². The molecule has 1 nitrogen and oxygen atoms in total. The van der Waals surface area contributed by atoms with Gasteiger partial charge in [-0.05, 0) is 44.9 Å². The summed E-state index contributed by atoms with van der Waals surface area (Å²) in [5.41, 5.74) is 2.51. The molecule has 1 rings (SSSR count). The second-order valence-electron chi connectivity index (χ2n) is 5.17. The van der Waals surface area contributed by atoms with E-state index in [-0.39, 0.29) is 5.54 Å². The molecule has 0 saturated carbocycles. The SMILES string of the molecule is CC/C(C)=C/C(C)(C)NCc1ccc(Cl)c(Cl)c1. The van der Waals surface area contributed by atoms with Crippen molar-refractivity contribution < 1.29 is 0 Å². The Labute approximate surface area is 120 Å². The maximum Gasteiger partial charge on any atom is 0.0595 e. The Morgan fingerprint density at radius 1 is 1.28 bits per heavy atom. The van der Waals surface area contributed by atoms with Gasteiger partial charge in [0.25, 0.3) is 0 Å². The predicted octanol–water partition coefficient (Wildman–Crippen LogP) is 5.22. The van der Waals surface area contributed by atoms with Crippen molar-refractivity contribution in [2.45, 2.75) is 46.2 Å². The fourth-order valence-electron chi connectivity index (χ4n) is 1.75. The highest BCUT2D eigenvalue weighted by Gasteiger charge is 2.13. The zero-order chi connectivity index (χ0) is 13.8. The van der Waals surface area contributed by atoms with Crippen LogP contribution < -0.4 is 5.32 Å². The zero-order valence-electron chi connectivity index (χ0n) is 11.5. The number of hydrogen-bond acceptors (Lipinski definition) is 1. The maximum atomic E-state index is 6.00. The van der Waals surface area contributed by atoms with E-state index in [4.69, 9.17) is 23.2 Å². The van der Waals surface area contributed by atoms with Crippen LogP contribution in [0.25, 0.3) is 0 Å². The molecular formula is C15H21Cl2N. The van der Waals surface area contributed by atoms with Crippen molar-refractivity contribution in [2.75, 3.05) is 0 Å². The molecule has 0 unspecified atom stereocenters. The van der Waals surface area contributed by atoms with Gasteiger partial charge in [-0.25, -0.2) is 0 Å². The largest absolute Gasteiger partial charge is 0.304 e. The summed E-state index contributed by atoms with van der Waals surface area (Å²) in [6.07, 6.45) is 3.35. The third-order valence-corrected chi connectivity index (χ3v) is 3.64. The first-order chi connectivity index (χ1) is 8.34. The quantitative estimate of drug-likeness (QED) is 0.732. The summed E-state index contributed by atoms with van der Waals surface area (Å²) >= 11 is 11.9. The third kappa shape index (κ3) is 5.01. The van der Waals surface area contributed by atoms with Crippen LogP contribution in [-0.4, -0.2) is 5.54 Å². The highest BCUT2D eigenvalue weighted by atomic mass is 35.5. The molecule has 0 bridgehead atoms. The highest BCUT2D eigenvalue weighted by molar-refractivity contribution is 6.42. The van der Waals surface area contributed by atoms with Crippen molar-refractivity contribution in [3.05, 3.63) is 45.5 Å². The number of nitrogens with one attached hydrogen (secondary N) is 1. The Balaban J connectivity index is 2.67. The van der Waals surface area contributed by atoms with Gasteiger partial charge in [0.15, 0.2) is 0 Å². The Hall–Kier alpha value is -0.500. The molecule has 1 aromatic rings. The van der Waals surface area contributed by atoms with Crippen molar-refractivity contribution in [2.24, 2.45) is 0 Å². The molecule has 100 valence electrons. The summed E-state index contributed by atoms with van der Waals surface area (Å²) in [6.45, 7) is 9.44. The lowest BCUT2D eigenvalue weighted by atomic mass is 10.00. The lowest BCUT2D eigenvalue weighted by molar-refractivity contribution is 0.470. The van der Waals surface area contributed by atoms with Crippen LogP contribution in [0.1, 0.15) is 39.7 Å². The number of benzene rings is 1. The Bertz CT molecular complexity index is 436. The summed E-state index contributed by atoms with van der Waals surface area (Å²) in [4.78, 5) is 0. The van der Waals surface area contributed by atoms with Crippen LogP contribution in [0.3, 0.4) is 0 Å². The topological polar surface area (TPSA) is 12.0 Å². The second kappa shape index (κ2) is 6.60. The molecule has 0 atom stereocenters. The molecule has 0 aliphatic carbocycles.